The largest absolute Gasteiger partial charge is 0.416 e. The number of nitrogens with zero attached hydrogens (tertiary/aromatic N) is 2. The van der Waals surface area contributed by atoms with Crippen LogP contribution in [0.15, 0.2) is 30.3 Å². The highest BCUT2D eigenvalue weighted by molar-refractivity contribution is 7.18. The molecule has 0 amide bonds. The Labute approximate surface area is 153 Å². The highest BCUT2D eigenvalue weighted by atomic mass is 32.1. The van der Waals surface area contributed by atoms with Crippen molar-refractivity contribution < 1.29 is 31.1 Å². The Morgan fingerprint density at radius 1 is 1.04 bits per heavy atom. The van der Waals surface area contributed by atoms with Crippen LogP contribution >= 0.6 is 11.3 Å². The molecule has 0 saturated carbocycles. The molecule has 144 valence electrons. The van der Waals surface area contributed by atoms with Crippen LogP contribution in [0.3, 0.4) is 0 Å². The Kier molecular flexibility index (Phi) is 5.13. The number of alkyl halides is 6. The quantitative estimate of drug-likeness (QED) is 0.517. The lowest BCUT2D eigenvalue weighted by atomic mass is 10.1. The van der Waals surface area contributed by atoms with E-state index in [1.54, 1.807) is 13.0 Å². The third-order valence-electron chi connectivity index (χ3n) is 3.52. The molecule has 3 nitrogen and oxygen atoms in total. The maximum Gasteiger partial charge on any atom is 0.416 e. The lowest BCUT2D eigenvalue weighted by Crippen LogP contribution is -2.17. The third-order valence-corrected chi connectivity index (χ3v) is 4.47. The fraction of sp³-hybridized carbons (Fsp3) is 0.294. The second kappa shape index (κ2) is 7.08. The van der Waals surface area contributed by atoms with Crippen LogP contribution in [0, 0.1) is 6.92 Å². The molecule has 2 heterocycles. The predicted octanol–water partition coefficient (Wildman–Crippen LogP) is 5.76. The van der Waals surface area contributed by atoms with Crippen LogP contribution in [0.4, 0.5) is 26.3 Å². The summed E-state index contributed by atoms with van der Waals surface area (Å²) in [6, 6.07) is 6.34. The minimum atomic E-state index is -4.52. The van der Waals surface area contributed by atoms with E-state index in [0.29, 0.717) is 10.2 Å². The van der Waals surface area contributed by atoms with Gasteiger partial charge in [0.1, 0.15) is 18.0 Å². The van der Waals surface area contributed by atoms with Crippen LogP contribution < -0.4 is 0 Å². The Bertz CT molecular complexity index is 964. The summed E-state index contributed by atoms with van der Waals surface area (Å²) in [7, 11) is 0. The minimum absolute atomic E-state index is 0.0268. The number of fused-ring (bicyclic) bond motifs is 1. The van der Waals surface area contributed by atoms with Gasteiger partial charge in [-0.3, -0.25) is 0 Å². The van der Waals surface area contributed by atoms with Crippen molar-refractivity contribution in [3.63, 3.8) is 0 Å². The average Bonchev–Trinajstić information content (AvgIpc) is 2.92. The molecule has 0 radical (unpaired) electrons. The normalized spacial score (nSPS) is 12.7. The Morgan fingerprint density at radius 3 is 2.44 bits per heavy atom. The van der Waals surface area contributed by atoms with Crippen molar-refractivity contribution in [1.29, 1.82) is 0 Å². The predicted molar refractivity (Wildman–Crippen MR) is 88.3 cm³/mol. The highest BCUT2D eigenvalue weighted by Gasteiger charge is 2.31. The number of thiophene rings is 1. The van der Waals surface area contributed by atoms with Crippen LogP contribution in [-0.4, -0.2) is 22.8 Å². The standard InChI is InChI=1S/C17H12F6N2OS/c1-9-5-12-14(10-3-2-4-11(6-10)17(21,22)23)24-13(25-15(12)27-9)7-26-8-16(18,19)20/h2-6H,7-8H2,1H3. The Balaban J connectivity index is 2.03. The van der Waals surface area contributed by atoms with E-state index < -0.39 is 31.1 Å². The molecular weight excluding hydrogens is 394 g/mol. The molecule has 0 atom stereocenters. The highest BCUT2D eigenvalue weighted by Crippen LogP contribution is 2.35. The molecule has 0 saturated heterocycles. The van der Waals surface area contributed by atoms with Gasteiger partial charge < -0.3 is 4.74 Å². The molecule has 27 heavy (non-hydrogen) atoms. The maximum absolute atomic E-state index is 13.0. The van der Waals surface area contributed by atoms with Gasteiger partial charge in [-0.25, -0.2) is 9.97 Å². The van der Waals surface area contributed by atoms with Crippen molar-refractivity contribution >= 4 is 21.6 Å². The molecule has 0 unspecified atom stereocenters. The first-order valence-electron chi connectivity index (χ1n) is 7.62. The van der Waals surface area contributed by atoms with Crippen molar-refractivity contribution in [3.8, 4) is 11.3 Å². The summed E-state index contributed by atoms with van der Waals surface area (Å²) >= 11 is 1.27. The van der Waals surface area contributed by atoms with E-state index in [1.165, 1.54) is 23.5 Å². The molecule has 3 rings (SSSR count). The summed E-state index contributed by atoms with van der Waals surface area (Å²) in [4.78, 5) is 9.65. The van der Waals surface area contributed by atoms with Gasteiger partial charge in [0.25, 0.3) is 0 Å². The number of hydrogen-bond acceptors (Lipinski definition) is 4. The van der Waals surface area contributed by atoms with E-state index in [-0.39, 0.29) is 17.1 Å². The summed E-state index contributed by atoms with van der Waals surface area (Å²) < 4.78 is 80.3. The molecule has 0 aliphatic rings. The van der Waals surface area contributed by atoms with Crippen LogP contribution in [-0.2, 0) is 17.5 Å². The van der Waals surface area contributed by atoms with Gasteiger partial charge >= 0.3 is 12.4 Å². The van der Waals surface area contributed by atoms with Crippen LogP contribution in [0.25, 0.3) is 21.5 Å². The van der Waals surface area contributed by atoms with Crippen molar-refractivity contribution in [2.75, 3.05) is 6.61 Å². The molecule has 10 heteroatoms. The molecule has 2 aromatic heterocycles. The van der Waals surface area contributed by atoms with Crippen molar-refractivity contribution in [2.45, 2.75) is 25.9 Å². The Morgan fingerprint density at radius 2 is 1.78 bits per heavy atom. The second-order valence-corrected chi connectivity index (χ2v) is 6.99. The lowest BCUT2D eigenvalue weighted by molar-refractivity contribution is -0.177. The molecule has 0 N–H and O–H groups in total. The molecule has 0 fully saturated rings. The maximum atomic E-state index is 13.0. The number of rotatable bonds is 4. The van der Waals surface area contributed by atoms with Gasteiger partial charge in [0, 0.05) is 15.8 Å². The van der Waals surface area contributed by atoms with Gasteiger partial charge in [-0.2, -0.15) is 26.3 Å². The number of ether oxygens (including phenoxy) is 1. The number of hydrogen-bond donors (Lipinski definition) is 0. The van der Waals surface area contributed by atoms with Gasteiger partial charge in [-0.05, 0) is 25.1 Å². The zero-order valence-corrected chi connectivity index (χ0v) is 14.6. The first kappa shape index (κ1) is 19.6. The number of benzene rings is 1. The average molecular weight is 406 g/mol. The molecule has 0 aliphatic heterocycles. The first-order chi connectivity index (χ1) is 12.5. The van der Waals surface area contributed by atoms with E-state index in [4.69, 9.17) is 0 Å². The lowest BCUT2D eigenvalue weighted by Gasteiger charge is -2.11. The fourth-order valence-electron chi connectivity index (χ4n) is 2.47. The van der Waals surface area contributed by atoms with E-state index in [2.05, 4.69) is 14.7 Å². The van der Waals surface area contributed by atoms with Gasteiger partial charge in [0.15, 0.2) is 5.82 Å². The van der Waals surface area contributed by atoms with Crippen LogP contribution in [0.1, 0.15) is 16.3 Å². The second-order valence-electron chi connectivity index (χ2n) is 5.75. The molecule has 1 aromatic carbocycles. The number of aromatic nitrogens is 2. The molecule has 0 aliphatic carbocycles. The van der Waals surface area contributed by atoms with Crippen LogP contribution in [0.2, 0.25) is 0 Å². The smallest absolute Gasteiger partial charge is 0.364 e. The SMILES string of the molecule is Cc1cc2c(-c3cccc(C(F)(F)F)c3)nc(COCC(F)(F)F)nc2s1. The summed E-state index contributed by atoms with van der Waals surface area (Å²) in [5.74, 6) is -0.0268. The molecule has 0 spiro atoms. The molecule has 0 bridgehead atoms. The van der Waals surface area contributed by atoms with E-state index in [1.807, 2.05) is 0 Å². The summed E-state index contributed by atoms with van der Waals surface area (Å²) in [6.45, 7) is -0.169. The van der Waals surface area contributed by atoms with E-state index in [9.17, 15) is 26.3 Å². The van der Waals surface area contributed by atoms with Gasteiger partial charge in [0.2, 0.25) is 0 Å². The fourth-order valence-corrected chi connectivity index (χ4v) is 3.37. The summed E-state index contributed by atoms with van der Waals surface area (Å²) in [5, 5.41) is 0.538. The molecular formula is C17H12F6N2OS. The Hall–Kier alpha value is -2.20. The van der Waals surface area contributed by atoms with E-state index >= 15 is 0 Å². The van der Waals surface area contributed by atoms with Crippen molar-refractivity contribution in [3.05, 3.63) is 46.6 Å². The van der Waals surface area contributed by atoms with Gasteiger partial charge in [0.05, 0.1) is 11.3 Å². The monoisotopic (exact) mass is 406 g/mol. The number of aryl methyl sites for hydroxylation is 1. The van der Waals surface area contributed by atoms with Crippen molar-refractivity contribution in [1.82, 2.24) is 9.97 Å². The molecule has 3 aromatic rings. The summed E-state index contributed by atoms with van der Waals surface area (Å²) in [5.41, 5.74) is -0.415. The third kappa shape index (κ3) is 4.75. The van der Waals surface area contributed by atoms with Crippen LogP contribution in [0.5, 0.6) is 0 Å². The van der Waals surface area contributed by atoms with E-state index in [0.717, 1.165) is 17.0 Å². The first-order valence-corrected chi connectivity index (χ1v) is 8.44. The topological polar surface area (TPSA) is 35.0 Å². The number of halogens is 6. The zero-order valence-electron chi connectivity index (χ0n) is 13.8. The summed E-state index contributed by atoms with van der Waals surface area (Å²) in [6.07, 6.45) is -9.02. The van der Waals surface area contributed by atoms with Crippen molar-refractivity contribution in [2.24, 2.45) is 0 Å². The minimum Gasteiger partial charge on any atom is -0.364 e. The van der Waals surface area contributed by atoms with Gasteiger partial charge in [-0.1, -0.05) is 12.1 Å². The van der Waals surface area contributed by atoms with Gasteiger partial charge in [-0.15, -0.1) is 11.3 Å². The zero-order chi connectivity index (χ0) is 19.8.